The van der Waals surface area contributed by atoms with Gasteiger partial charge >= 0.3 is 0 Å². The number of nitrogens with zero attached hydrogens (tertiary/aromatic N) is 1. The quantitative estimate of drug-likeness (QED) is 0.321. The zero-order valence-electron chi connectivity index (χ0n) is 18.1. The zero-order valence-corrected chi connectivity index (χ0v) is 18.1. The van der Waals surface area contributed by atoms with Crippen molar-refractivity contribution in [2.24, 2.45) is 10.4 Å². The summed E-state index contributed by atoms with van der Waals surface area (Å²) in [6, 6.07) is 6.19. The Bertz CT molecular complexity index is 629. The van der Waals surface area contributed by atoms with E-state index in [2.05, 4.69) is 28.6 Å². The van der Waals surface area contributed by atoms with Crippen LogP contribution < -0.4 is 20.1 Å². The normalized spacial score (nSPS) is 16.4. The summed E-state index contributed by atoms with van der Waals surface area (Å²) in [5.74, 6) is 2.39. The number of nitrogens with one attached hydrogen (secondary N) is 2. The van der Waals surface area contributed by atoms with E-state index in [4.69, 9.17) is 14.2 Å². The summed E-state index contributed by atoms with van der Waals surface area (Å²) in [7, 11) is 1.81. The van der Waals surface area contributed by atoms with Crippen molar-refractivity contribution < 1.29 is 14.2 Å². The highest BCUT2D eigenvalue weighted by Crippen LogP contribution is 2.48. The van der Waals surface area contributed by atoms with E-state index in [1.54, 1.807) is 0 Å². The molecule has 0 saturated heterocycles. The summed E-state index contributed by atoms with van der Waals surface area (Å²) < 4.78 is 16.9. The molecule has 1 aliphatic carbocycles. The Hall–Kier alpha value is -1.95. The second-order valence-corrected chi connectivity index (χ2v) is 7.31. The summed E-state index contributed by atoms with van der Waals surface area (Å²) in [6.07, 6.45) is 3.63. The van der Waals surface area contributed by atoms with Crippen molar-refractivity contribution >= 4 is 5.96 Å². The van der Waals surface area contributed by atoms with Gasteiger partial charge in [0.25, 0.3) is 0 Å². The van der Waals surface area contributed by atoms with Crippen molar-refractivity contribution in [3.05, 3.63) is 23.8 Å². The van der Waals surface area contributed by atoms with Crippen molar-refractivity contribution in [2.75, 3.05) is 40.0 Å². The number of aliphatic imine (C=N–C) groups is 1. The molecular formula is C22H37N3O3. The first-order chi connectivity index (χ1) is 13.6. The van der Waals surface area contributed by atoms with Gasteiger partial charge in [0, 0.05) is 26.8 Å². The molecule has 1 atom stereocenters. The van der Waals surface area contributed by atoms with E-state index in [1.807, 2.05) is 40.0 Å². The Morgan fingerprint density at radius 1 is 1.11 bits per heavy atom. The van der Waals surface area contributed by atoms with E-state index in [1.165, 1.54) is 12.8 Å². The Balaban J connectivity index is 1.92. The lowest BCUT2D eigenvalue weighted by Gasteiger charge is -2.22. The summed E-state index contributed by atoms with van der Waals surface area (Å²) in [4.78, 5) is 4.39. The molecular weight excluding hydrogens is 354 g/mol. The molecule has 1 aromatic carbocycles. The first kappa shape index (κ1) is 22.3. The van der Waals surface area contributed by atoms with Crippen LogP contribution in [-0.4, -0.2) is 46.0 Å². The van der Waals surface area contributed by atoms with E-state index >= 15 is 0 Å². The number of ether oxygens (including phenoxy) is 3. The van der Waals surface area contributed by atoms with Gasteiger partial charge in [-0.15, -0.1) is 0 Å². The summed E-state index contributed by atoms with van der Waals surface area (Å²) in [6.45, 7) is 11.9. The van der Waals surface area contributed by atoms with Gasteiger partial charge in [-0.2, -0.15) is 0 Å². The lowest BCUT2D eigenvalue weighted by molar-refractivity contribution is 0.128. The Morgan fingerprint density at radius 3 is 2.43 bits per heavy atom. The Labute approximate surface area is 170 Å². The van der Waals surface area contributed by atoms with Crippen LogP contribution in [0.1, 0.15) is 58.6 Å². The predicted octanol–water partition coefficient (Wildman–Crippen LogP) is 3.92. The molecule has 0 amide bonds. The molecule has 1 fully saturated rings. The van der Waals surface area contributed by atoms with Gasteiger partial charge in [0.1, 0.15) is 0 Å². The van der Waals surface area contributed by atoms with Crippen molar-refractivity contribution in [3.63, 3.8) is 0 Å². The van der Waals surface area contributed by atoms with Crippen LogP contribution >= 0.6 is 0 Å². The second kappa shape index (κ2) is 11.1. The third-order valence-electron chi connectivity index (χ3n) is 5.21. The van der Waals surface area contributed by atoms with E-state index in [0.717, 1.165) is 49.2 Å². The number of hydrogen-bond acceptors (Lipinski definition) is 4. The third kappa shape index (κ3) is 6.59. The van der Waals surface area contributed by atoms with Crippen molar-refractivity contribution in [3.8, 4) is 11.5 Å². The summed E-state index contributed by atoms with van der Waals surface area (Å²) in [5, 5.41) is 6.98. The molecule has 2 rings (SSSR count). The predicted molar refractivity (Wildman–Crippen MR) is 114 cm³/mol. The molecule has 158 valence electrons. The molecule has 1 aromatic rings. The van der Waals surface area contributed by atoms with Gasteiger partial charge in [-0.3, -0.25) is 4.99 Å². The number of hydrogen-bond donors (Lipinski definition) is 2. The lowest BCUT2D eigenvalue weighted by atomic mass is 10.0. The van der Waals surface area contributed by atoms with Crippen molar-refractivity contribution in [1.29, 1.82) is 0 Å². The van der Waals surface area contributed by atoms with Crippen LogP contribution in [0.5, 0.6) is 11.5 Å². The van der Waals surface area contributed by atoms with Crippen LogP contribution in [0, 0.1) is 5.41 Å². The fourth-order valence-corrected chi connectivity index (χ4v) is 3.22. The molecule has 0 aliphatic heterocycles. The largest absolute Gasteiger partial charge is 0.490 e. The zero-order chi connectivity index (χ0) is 20.4. The summed E-state index contributed by atoms with van der Waals surface area (Å²) >= 11 is 0. The van der Waals surface area contributed by atoms with Crippen molar-refractivity contribution in [2.45, 2.75) is 53.0 Å². The second-order valence-electron chi connectivity index (χ2n) is 7.31. The van der Waals surface area contributed by atoms with Gasteiger partial charge < -0.3 is 24.8 Å². The standard InChI is InChI=1S/C22H37N3O3/c1-6-26-14-13-22(11-12-22)16-24-21(23-5)25-17(4)18-9-10-19(27-7-2)20(15-18)28-8-3/h9-10,15,17H,6-8,11-14,16H2,1-5H3,(H2,23,24,25). The number of guanidine groups is 1. The average Bonchev–Trinajstić information content (AvgIpc) is 3.47. The smallest absolute Gasteiger partial charge is 0.191 e. The lowest BCUT2D eigenvalue weighted by Crippen LogP contribution is -2.41. The van der Waals surface area contributed by atoms with E-state index in [0.29, 0.717) is 18.6 Å². The van der Waals surface area contributed by atoms with Gasteiger partial charge in [-0.1, -0.05) is 6.07 Å². The fourth-order valence-electron chi connectivity index (χ4n) is 3.22. The molecule has 0 spiro atoms. The first-order valence-electron chi connectivity index (χ1n) is 10.5. The maximum Gasteiger partial charge on any atom is 0.191 e. The van der Waals surface area contributed by atoms with Crippen molar-refractivity contribution in [1.82, 2.24) is 10.6 Å². The van der Waals surface area contributed by atoms with Crippen LogP contribution in [0.4, 0.5) is 0 Å². The Morgan fingerprint density at radius 2 is 1.82 bits per heavy atom. The SMILES string of the molecule is CCOCCC1(CNC(=NC)NC(C)c2ccc(OCC)c(OCC)c2)CC1. The molecule has 0 heterocycles. The first-order valence-corrected chi connectivity index (χ1v) is 10.5. The molecule has 1 saturated carbocycles. The average molecular weight is 392 g/mol. The Kier molecular flexibility index (Phi) is 8.90. The van der Waals surface area contributed by atoms with Gasteiger partial charge in [0.15, 0.2) is 17.5 Å². The molecule has 2 N–H and O–H groups in total. The molecule has 0 radical (unpaired) electrons. The van der Waals surface area contributed by atoms with E-state index in [9.17, 15) is 0 Å². The minimum atomic E-state index is 0.0969. The van der Waals surface area contributed by atoms with Gasteiger partial charge in [0.05, 0.1) is 19.3 Å². The molecule has 0 aromatic heterocycles. The van der Waals surface area contributed by atoms with Gasteiger partial charge in [0.2, 0.25) is 0 Å². The molecule has 28 heavy (non-hydrogen) atoms. The number of benzene rings is 1. The minimum Gasteiger partial charge on any atom is -0.490 e. The highest BCUT2D eigenvalue weighted by atomic mass is 16.5. The summed E-state index contributed by atoms with van der Waals surface area (Å²) in [5.41, 5.74) is 1.50. The van der Waals surface area contributed by atoms with E-state index < -0.39 is 0 Å². The highest BCUT2D eigenvalue weighted by Gasteiger charge is 2.42. The van der Waals surface area contributed by atoms with Crippen LogP contribution in [0.2, 0.25) is 0 Å². The molecule has 1 unspecified atom stereocenters. The number of rotatable bonds is 12. The maximum atomic E-state index is 5.75. The third-order valence-corrected chi connectivity index (χ3v) is 5.21. The van der Waals surface area contributed by atoms with Crippen LogP contribution in [0.3, 0.4) is 0 Å². The maximum absolute atomic E-state index is 5.75. The molecule has 1 aliphatic rings. The molecule has 6 nitrogen and oxygen atoms in total. The molecule has 6 heteroatoms. The van der Waals surface area contributed by atoms with Gasteiger partial charge in [-0.25, -0.2) is 0 Å². The monoisotopic (exact) mass is 391 g/mol. The van der Waals surface area contributed by atoms with E-state index in [-0.39, 0.29) is 6.04 Å². The minimum absolute atomic E-state index is 0.0969. The topological polar surface area (TPSA) is 64.1 Å². The van der Waals surface area contributed by atoms with Crippen LogP contribution in [0.25, 0.3) is 0 Å². The van der Waals surface area contributed by atoms with Crippen LogP contribution in [-0.2, 0) is 4.74 Å². The fraction of sp³-hybridized carbons (Fsp3) is 0.682. The van der Waals surface area contributed by atoms with Crippen LogP contribution in [0.15, 0.2) is 23.2 Å². The molecule has 0 bridgehead atoms. The van der Waals surface area contributed by atoms with Gasteiger partial charge in [-0.05, 0) is 70.1 Å². The highest BCUT2D eigenvalue weighted by molar-refractivity contribution is 5.80.